The first-order valence-corrected chi connectivity index (χ1v) is 8.28. The molecule has 0 aliphatic heterocycles. The predicted octanol–water partition coefficient (Wildman–Crippen LogP) is 2.39. The number of nitrogens with one attached hydrogen (secondary N) is 1. The Morgan fingerprint density at radius 3 is 2.92 bits per heavy atom. The number of nitrogens with two attached hydrogens (primary N) is 1. The van der Waals surface area contributed by atoms with Gasteiger partial charge < -0.3 is 20.5 Å². The zero-order valence-corrected chi connectivity index (χ0v) is 14.4. The van der Waals surface area contributed by atoms with E-state index in [1.54, 1.807) is 17.1 Å². The molecule has 1 saturated carbocycles. The van der Waals surface area contributed by atoms with Crippen molar-refractivity contribution in [2.75, 3.05) is 5.32 Å². The molecule has 1 amide bonds. The molecule has 0 saturated heterocycles. The number of nitrogens with zero attached hydrogens (tertiary/aromatic N) is 4. The number of rotatable bonds is 5. The van der Waals surface area contributed by atoms with Crippen LogP contribution in [0.15, 0.2) is 18.6 Å². The highest BCUT2D eigenvalue weighted by Gasteiger charge is 2.26. The fraction of sp³-hybridized carbons (Fsp3) is 0.467. The van der Waals surface area contributed by atoms with E-state index in [2.05, 4.69) is 20.4 Å². The zero-order chi connectivity index (χ0) is 17.8. The van der Waals surface area contributed by atoms with E-state index in [1.807, 2.05) is 7.05 Å². The van der Waals surface area contributed by atoms with Crippen molar-refractivity contribution in [2.45, 2.75) is 37.9 Å². The van der Waals surface area contributed by atoms with Crippen LogP contribution in [-0.2, 0) is 11.8 Å². The molecule has 2 heterocycles. The highest BCUT2D eigenvalue weighted by molar-refractivity contribution is 6.31. The number of amides is 1. The van der Waals surface area contributed by atoms with Crippen molar-refractivity contribution in [3.63, 3.8) is 0 Å². The van der Waals surface area contributed by atoms with Crippen LogP contribution in [0.3, 0.4) is 0 Å². The second-order valence-corrected chi connectivity index (χ2v) is 6.25. The van der Waals surface area contributed by atoms with Gasteiger partial charge >= 0.3 is 6.09 Å². The van der Waals surface area contributed by atoms with Crippen LogP contribution in [0.4, 0.5) is 16.4 Å². The van der Waals surface area contributed by atoms with Crippen molar-refractivity contribution in [1.82, 2.24) is 19.7 Å². The quantitative estimate of drug-likeness (QED) is 0.834. The summed E-state index contributed by atoms with van der Waals surface area (Å²) in [5, 5.41) is 7.42. The maximum absolute atomic E-state index is 10.9. The highest BCUT2D eigenvalue weighted by Crippen LogP contribution is 2.29. The molecule has 3 N–H and O–H groups in total. The zero-order valence-electron chi connectivity index (χ0n) is 13.7. The molecular formula is C15H19ClN6O3. The largest absolute Gasteiger partial charge is 0.473 e. The Morgan fingerprint density at radius 2 is 2.20 bits per heavy atom. The van der Waals surface area contributed by atoms with Gasteiger partial charge in [0.2, 0.25) is 11.8 Å². The minimum atomic E-state index is -0.770. The number of ether oxygens (including phenoxy) is 2. The fourth-order valence-corrected chi connectivity index (χ4v) is 2.88. The van der Waals surface area contributed by atoms with Crippen LogP contribution in [-0.4, -0.2) is 38.0 Å². The number of hydrogen-bond donors (Lipinski definition) is 2. The van der Waals surface area contributed by atoms with Crippen molar-refractivity contribution < 1.29 is 14.3 Å². The molecule has 2 unspecified atom stereocenters. The van der Waals surface area contributed by atoms with E-state index in [4.69, 9.17) is 26.8 Å². The first kappa shape index (κ1) is 17.3. The van der Waals surface area contributed by atoms with E-state index < -0.39 is 6.09 Å². The third-order valence-corrected chi connectivity index (χ3v) is 4.07. The number of aromatic nitrogens is 4. The lowest BCUT2D eigenvalue weighted by atomic mass is 9.95. The summed E-state index contributed by atoms with van der Waals surface area (Å²) in [6, 6.07) is 0. The van der Waals surface area contributed by atoms with Crippen molar-refractivity contribution in [1.29, 1.82) is 0 Å². The van der Waals surface area contributed by atoms with Crippen LogP contribution in [0.25, 0.3) is 0 Å². The third kappa shape index (κ3) is 4.72. The number of carbonyl (C=O) groups excluding carboxylic acids is 1. The average Bonchev–Trinajstić information content (AvgIpc) is 2.95. The lowest BCUT2D eigenvalue weighted by Crippen LogP contribution is -2.33. The molecule has 2 atom stereocenters. The smallest absolute Gasteiger partial charge is 0.404 e. The molecule has 9 nitrogen and oxygen atoms in total. The van der Waals surface area contributed by atoms with Crippen molar-refractivity contribution in [3.05, 3.63) is 23.6 Å². The van der Waals surface area contributed by atoms with Gasteiger partial charge in [-0.05, 0) is 19.3 Å². The van der Waals surface area contributed by atoms with Gasteiger partial charge in [0.05, 0.1) is 18.1 Å². The molecule has 0 bridgehead atoms. The number of halogens is 1. The fourth-order valence-electron chi connectivity index (χ4n) is 2.75. The van der Waals surface area contributed by atoms with Crippen LogP contribution >= 0.6 is 11.6 Å². The SMILES string of the molecule is Cn1cc(Nc2ncc(Cl)c(OC3CCCC(OC(N)=O)C3)n2)cn1. The molecule has 3 rings (SSSR count). The first-order chi connectivity index (χ1) is 12.0. The molecule has 2 aromatic heterocycles. The van der Waals surface area contributed by atoms with Gasteiger partial charge in [-0.2, -0.15) is 10.1 Å². The Kier molecular flexibility index (Phi) is 5.22. The molecule has 134 valence electrons. The highest BCUT2D eigenvalue weighted by atomic mass is 35.5. The number of primary amides is 1. The van der Waals surface area contributed by atoms with E-state index in [-0.39, 0.29) is 18.1 Å². The summed E-state index contributed by atoms with van der Waals surface area (Å²) >= 11 is 6.14. The predicted molar refractivity (Wildman–Crippen MR) is 90.9 cm³/mol. The Hall–Kier alpha value is -2.55. The van der Waals surface area contributed by atoms with Crippen LogP contribution in [0.1, 0.15) is 25.7 Å². The van der Waals surface area contributed by atoms with Gasteiger partial charge in [-0.1, -0.05) is 11.6 Å². The molecule has 25 heavy (non-hydrogen) atoms. The molecule has 10 heteroatoms. The Balaban J connectivity index is 1.67. The number of carbonyl (C=O) groups is 1. The minimum absolute atomic E-state index is 0.156. The topological polar surface area (TPSA) is 117 Å². The summed E-state index contributed by atoms with van der Waals surface area (Å²) in [5.74, 6) is 0.640. The summed E-state index contributed by atoms with van der Waals surface area (Å²) in [4.78, 5) is 19.4. The van der Waals surface area contributed by atoms with Gasteiger partial charge in [-0.15, -0.1) is 0 Å². The monoisotopic (exact) mass is 366 g/mol. The normalized spacial score (nSPS) is 20.1. The van der Waals surface area contributed by atoms with Gasteiger partial charge in [-0.3, -0.25) is 4.68 Å². The summed E-state index contributed by atoms with van der Waals surface area (Å²) in [6.45, 7) is 0. The minimum Gasteiger partial charge on any atom is -0.473 e. The van der Waals surface area contributed by atoms with Crippen LogP contribution in [0, 0.1) is 0 Å². The van der Waals surface area contributed by atoms with E-state index in [0.717, 1.165) is 24.9 Å². The Morgan fingerprint density at radius 1 is 1.40 bits per heavy atom. The van der Waals surface area contributed by atoms with Gasteiger partial charge in [0.15, 0.2) is 0 Å². The lowest BCUT2D eigenvalue weighted by molar-refractivity contribution is 0.0350. The Bertz CT molecular complexity index is 753. The van der Waals surface area contributed by atoms with Crippen molar-refractivity contribution >= 4 is 29.3 Å². The van der Waals surface area contributed by atoms with E-state index in [9.17, 15) is 4.79 Å². The first-order valence-electron chi connectivity index (χ1n) is 7.90. The maximum Gasteiger partial charge on any atom is 0.404 e. The summed E-state index contributed by atoms with van der Waals surface area (Å²) in [7, 11) is 1.82. The van der Waals surface area contributed by atoms with Crippen LogP contribution in [0.2, 0.25) is 5.02 Å². The average molecular weight is 367 g/mol. The number of anilines is 2. The second kappa shape index (κ2) is 7.56. The summed E-state index contributed by atoms with van der Waals surface area (Å²) in [6.07, 6.45) is 6.77. The van der Waals surface area contributed by atoms with E-state index >= 15 is 0 Å². The van der Waals surface area contributed by atoms with Gasteiger partial charge in [0.25, 0.3) is 0 Å². The van der Waals surface area contributed by atoms with E-state index in [0.29, 0.717) is 17.4 Å². The van der Waals surface area contributed by atoms with Crippen molar-refractivity contribution in [2.24, 2.45) is 12.8 Å². The molecule has 0 aromatic carbocycles. The molecule has 1 aliphatic rings. The van der Waals surface area contributed by atoms with Gasteiger partial charge in [-0.25, -0.2) is 9.78 Å². The Labute approximate surface area is 149 Å². The van der Waals surface area contributed by atoms with Gasteiger partial charge in [0, 0.05) is 19.7 Å². The molecule has 1 fully saturated rings. The lowest BCUT2D eigenvalue weighted by Gasteiger charge is -2.28. The molecule has 2 aromatic rings. The van der Waals surface area contributed by atoms with Gasteiger partial charge in [0.1, 0.15) is 17.2 Å². The number of aryl methyl sites for hydroxylation is 1. The molecule has 0 spiro atoms. The second-order valence-electron chi connectivity index (χ2n) is 5.84. The third-order valence-electron chi connectivity index (χ3n) is 3.81. The van der Waals surface area contributed by atoms with Crippen molar-refractivity contribution in [3.8, 4) is 5.88 Å². The summed E-state index contributed by atoms with van der Waals surface area (Å²) in [5.41, 5.74) is 5.83. The molecule has 0 radical (unpaired) electrons. The standard InChI is InChI=1S/C15H19ClN6O3/c1-22-8-9(6-19-22)20-15-18-7-12(16)13(21-15)24-10-3-2-4-11(5-10)25-14(17)23/h6-8,10-11H,2-5H2,1H3,(H2,17,23)(H,18,20,21). The number of hydrogen-bond acceptors (Lipinski definition) is 7. The molecular weight excluding hydrogens is 348 g/mol. The maximum atomic E-state index is 10.9. The van der Waals surface area contributed by atoms with Crippen LogP contribution < -0.4 is 15.8 Å². The van der Waals surface area contributed by atoms with E-state index in [1.165, 1.54) is 6.20 Å². The summed E-state index contributed by atoms with van der Waals surface area (Å²) < 4.78 is 12.6. The molecule has 1 aliphatic carbocycles. The van der Waals surface area contributed by atoms with Crippen LogP contribution in [0.5, 0.6) is 5.88 Å².